The summed E-state index contributed by atoms with van der Waals surface area (Å²) >= 11 is 0. The third kappa shape index (κ3) is 3.84. The molecule has 0 aliphatic heterocycles. The largest absolute Gasteiger partial charge is 0.475 e. The van der Waals surface area contributed by atoms with Crippen LogP contribution in [0.25, 0.3) is 0 Å². The van der Waals surface area contributed by atoms with Gasteiger partial charge in [0.05, 0.1) is 5.69 Å². The van der Waals surface area contributed by atoms with Crippen molar-refractivity contribution in [3.8, 4) is 0 Å². The number of rotatable bonds is 6. The number of hydrogen-bond acceptors (Lipinski definition) is 1. The van der Waals surface area contributed by atoms with Gasteiger partial charge in [-0.2, -0.15) is 22.0 Å². The van der Waals surface area contributed by atoms with Crippen LogP contribution >= 0.6 is 0 Å². The molecule has 0 aromatic heterocycles. The first-order valence-corrected chi connectivity index (χ1v) is 6.68. The van der Waals surface area contributed by atoms with E-state index >= 15 is 0 Å². The normalized spacial score (nSPS) is 14.0. The minimum atomic E-state index is -5.91. The average molecular weight is 331 g/mol. The summed E-state index contributed by atoms with van der Waals surface area (Å²) in [5.74, 6) is -3.76. The first-order chi connectivity index (χ1) is 10.0. The van der Waals surface area contributed by atoms with E-state index in [1.807, 2.05) is 0 Å². The lowest BCUT2D eigenvalue weighted by atomic mass is 10.0. The molecule has 0 heterocycles. The van der Waals surface area contributed by atoms with Gasteiger partial charge in [-0.15, -0.1) is 0 Å². The maximum absolute atomic E-state index is 13.7. The Bertz CT molecular complexity index is 498. The minimum Gasteiger partial charge on any atom is -0.302 e. The van der Waals surface area contributed by atoms with Crippen molar-refractivity contribution in [1.82, 2.24) is 0 Å². The van der Waals surface area contributed by atoms with E-state index in [9.17, 15) is 30.7 Å². The summed E-state index contributed by atoms with van der Waals surface area (Å²) in [5, 5.41) is 0. The zero-order chi connectivity index (χ0) is 17.1. The fourth-order valence-corrected chi connectivity index (χ4v) is 2.11. The van der Waals surface area contributed by atoms with Gasteiger partial charge < -0.3 is 4.90 Å². The molecule has 0 saturated carbocycles. The Hall–Kier alpha value is -1.47. The van der Waals surface area contributed by atoms with Crippen molar-refractivity contribution in [3.05, 3.63) is 29.8 Å². The lowest BCUT2D eigenvalue weighted by Gasteiger charge is -2.36. The van der Waals surface area contributed by atoms with Crippen LogP contribution < -0.4 is 4.90 Å². The van der Waals surface area contributed by atoms with E-state index in [0.717, 1.165) is 6.07 Å². The van der Waals surface area contributed by atoms with Gasteiger partial charge in [0.2, 0.25) is 0 Å². The molecule has 0 fully saturated rings. The van der Waals surface area contributed by atoms with Gasteiger partial charge in [-0.25, -0.2) is 8.78 Å². The summed E-state index contributed by atoms with van der Waals surface area (Å²) in [6.45, 7) is 2.46. The third-order valence-corrected chi connectivity index (χ3v) is 3.18. The van der Waals surface area contributed by atoms with Crippen LogP contribution in [0.1, 0.15) is 26.7 Å². The molecule has 0 amide bonds. The Morgan fingerprint density at radius 3 is 2.18 bits per heavy atom. The standard InChI is InChI=1S/C14H16F7N/c1-3-5-9(2)8-22(14(20,21)13(17,18)19)11-7-4-6-10(15)12(11)16/h4,6-7,9H,3,5,8H2,1-2H3. The van der Waals surface area contributed by atoms with Crippen molar-refractivity contribution in [2.24, 2.45) is 5.92 Å². The Morgan fingerprint density at radius 1 is 1.09 bits per heavy atom. The van der Waals surface area contributed by atoms with E-state index in [1.165, 1.54) is 6.92 Å². The second-order valence-electron chi connectivity index (χ2n) is 5.12. The predicted molar refractivity (Wildman–Crippen MR) is 68.8 cm³/mol. The van der Waals surface area contributed by atoms with Gasteiger partial charge in [0.1, 0.15) is 0 Å². The van der Waals surface area contributed by atoms with E-state index < -0.39 is 46.9 Å². The molecule has 0 bridgehead atoms. The molecule has 8 heteroatoms. The highest BCUT2D eigenvalue weighted by Crippen LogP contribution is 2.42. The van der Waals surface area contributed by atoms with Gasteiger partial charge in [0.25, 0.3) is 0 Å². The van der Waals surface area contributed by atoms with Crippen molar-refractivity contribution in [3.63, 3.8) is 0 Å². The average Bonchev–Trinajstić information content (AvgIpc) is 2.38. The van der Waals surface area contributed by atoms with Crippen molar-refractivity contribution >= 4 is 5.69 Å². The summed E-state index contributed by atoms with van der Waals surface area (Å²) in [6.07, 6.45) is -4.96. The number of benzene rings is 1. The SMILES string of the molecule is CCCC(C)CN(c1cccc(F)c1F)C(F)(F)C(F)(F)F. The predicted octanol–water partition coefficient (Wildman–Crippen LogP) is 5.36. The quantitative estimate of drug-likeness (QED) is 0.501. The highest BCUT2D eigenvalue weighted by Gasteiger charge is 2.62. The summed E-state index contributed by atoms with van der Waals surface area (Å²) in [7, 11) is 0. The van der Waals surface area contributed by atoms with E-state index in [-0.39, 0.29) is 0 Å². The van der Waals surface area contributed by atoms with Crippen molar-refractivity contribution in [1.29, 1.82) is 0 Å². The van der Waals surface area contributed by atoms with E-state index in [0.29, 0.717) is 25.0 Å². The Morgan fingerprint density at radius 2 is 1.68 bits per heavy atom. The van der Waals surface area contributed by atoms with Crippen LogP contribution in [-0.2, 0) is 0 Å². The summed E-state index contributed by atoms with van der Waals surface area (Å²) in [4.78, 5) is -0.411. The van der Waals surface area contributed by atoms with Crippen LogP contribution in [0.15, 0.2) is 18.2 Å². The molecule has 22 heavy (non-hydrogen) atoms. The van der Waals surface area contributed by atoms with Crippen LogP contribution in [0.3, 0.4) is 0 Å². The maximum atomic E-state index is 13.7. The Labute approximate surface area is 123 Å². The molecule has 0 saturated heterocycles. The first kappa shape index (κ1) is 18.6. The number of hydrogen-bond donors (Lipinski definition) is 0. The number of anilines is 1. The van der Waals surface area contributed by atoms with Crippen LogP contribution in [0, 0.1) is 17.6 Å². The molecule has 0 aliphatic carbocycles. The van der Waals surface area contributed by atoms with Crippen LogP contribution in [0.4, 0.5) is 36.4 Å². The van der Waals surface area contributed by atoms with Crippen LogP contribution in [0.5, 0.6) is 0 Å². The molecular formula is C14H16F7N. The molecule has 0 N–H and O–H groups in total. The minimum absolute atomic E-state index is 0.376. The molecule has 0 aliphatic rings. The van der Waals surface area contributed by atoms with Gasteiger partial charge in [-0.3, -0.25) is 0 Å². The highest BCUT2D eigenvalue weighted by atomic mass is 19.4. The van der Waals surface area contributed by atoms with E-state index in [2.05, 4.69) is 0 Å². The zero-order valence-electron chi connectivity index (χ0n) is 12.0. The first-order valence-electron chi connectivity index (χ1n) is 6.68. The fraction of sp³-hybridized carbons (Fsp3) is 0.571. The fourth-order valence-electron chi connectivity index (χ4n) is 2.11. The summed E-state index contributed by atoms with van der Waals surface area (Å²) in [5.41, 5.74) is -1.11. The Kier molecular flexibility index (Phi) is 5.70. The second kappa shape index (κ2) is 6.75. The van der Waals surface area contributed by atoms with Gasteiger partial charge in [-0.1, -0.05) is 26.3 Å². The topological polar surface area (TPSA) is 3.24 Å². The van der Waals surface area contributed by atoms with Gasteiger partial charge in [0, 0.05) is 6.54 Å². The summed E-state index contributed by atoms with van der Waals surface area (Å²) < 4.78 is 92.2. The molecule has 0 spiro atoms. The van der Waals surface area contributed by atoms with Gasteiger partial charge >= 0.3 is 12.2 Å². The van der Waals surface area contributed by atoms with E-state index in [4.69, 9.17) is 0 Å². The molecule has 126 valence electrons. The molecule has 1 aromatic carbocycles. The Balaban J connectivity index is 3.31. The molecule has 0 radical (unpaired) electrons. The maximum Gasteiger partial charge on any atom is 0.475 e. The van der Waals surface area contributed by atoms with Gasteiger partial charge in [0.15, 0.2) is 11.6 Å². The van der Waals surface area contributed by atoms with Crippen molar-refractivity contribution < 1.29 is 30.7 Å². The van der Waals surface area contributed by atoms with Crippen LogP contribution in [-0.4, -0.2) is 18.8 Å². The second-order valence-corrected chi connectivity index (χ2v) is 5.12. The van der Waals surface area contributed by atoms with Crippen molar-refractivity contribution in [2.45, 2.75) is 38.9 Å². The molecular weight excluding hydrogens is 315 g/mol. The monoisotopic (exact) mass is 331 g/mol. The zero-order valence-corrected chi connectivity index (χ0v) is 12.0. The molecule has 1 unspecified atom stereocenters. The van der Waals surface area contributed by atoms with Crippen molar-refractivity contribution in [2.75, 3.05) is 11.4 Å². The number of halogens is 7. The van der Waals surface area contributed by atoms with Crippen LogP contribution in [0.2, 0.25) is 0 Å². The van der Waals surface area contributed by atoms with E-state index in [1.54, 1.807) is 6.92 Å². The number of alkyl halides is 5. The summed E-state index contributed by atoms with van der Waals surface area (Å²) in [6, 6.07) is -3.06. The lowest BCUT2D eigenvalue weighted by molar-refractivity contribution is -0.282. The third-order valence-electron chi connectivity index (χ3n) is 3.18. The molecule has 1 aromatic rings. The molecule has 1 atom stereocenters. The lowest BCUT2D eigenvalue weighted by Crippen LogP contribution is -2.54. The number of nitrogens with zero attached hydrogens (tertiary/aromatic N) is 1. The highest BCUT2D eigenvalue weighted by molar-refractivity contribution is 5.50. The molecule has 1 nitrogen and oxygen atoms in total. The van der Waals surface area contributed by atoms with Gasteiger partial charge in [-0.05, 0) is 24.5 Å². The smallest absolute Gasteiger partial charge is 0.302 e. The molecule has 1 rings (SSSR count).